The molecule has 0 amide bonds. The number of unbranched alkanes of at least 4 members (excludes halogenated alkanes) is 2. The molecule has 3 nitrogen and oxygen atoms in total. The first-order chi connectivity index (χ1) is 11.2. The summed E-state index contributed by atoms with van der Waals surface area (Å²) in [5.41, 5.74) is 0. The van der Waals surface area contributed by atoms with E-state index < -0.39 is 0 Å². The highest BCUT2D eigenvalue weighted by Crippen LogP contribution is 2.11. The molecule has 0 heterocycles. The lowest BCUT2D eigenvalue weighted by Gasteiger charge is -2.30. The van der Waals surface area contributed by atoms with Crippen LogP contribution >= 0.6 is 0 Å². The Kier molecular flexibility index (Phi) is 12.7. The number of hydrogen-bond donors (Lipinski definition) is 0. The molecular formula is C21H44N2O. The molecule has 0 radical (unpaired) electrons. The average Bonchev–Trinajstić information content (AvgIpc) is 2.44. The van der Waals surface area contributed by atoms with Crippen molar-refractivity contribution in [1.82, 2.24) is 9.80 Å². The Morgan fingerprint density at radius 3 is 1.12 bits per heavy atom. The van der Waals surface area contributed by atoms with Crippen LogP contribution in [0.25, 0.3) is 0 Å². The second-order valence-electron chi connectivity index (χ2n) is 8.30. The number of hydrogen-bond acceptors (Lipinski definition) is 3. The summed E-state index contributed by atoms with van der Waals surface area (Å²) in [4.78, 5) is 17.1. The van der Waals surface area contributed by atoms with Crippen LogP contribution in [0, 0.1) is 0 Å². The maximum atomic E-state index is 12.0. The molecule has 24 heavy (non-hydrogen) atoms. The minimum Gasteiger partial charge on any atom is -0.300 e. The zero-order valence-electron chi connectivity index (χ0n) is 17.8. The molecule has 0 aromatic rings. The van der Waals surface area contributed by atoms with Crippen LogP contribution in [-0.2, 0) is 4.79 Å². The summed E-state index contributed by atoms with van der Waals surface area (Å²) < 4.78 is 0. The Hall–Kier alpha value is -0.410. The number of rotatable bonds is 14. The van der Waals surface area contributed by atoms with Crippen LogP contribution in [0.1, 0.15) is 93.9 Å². The van der Waals surface area contributed by atoms with Gasteiger partial charge < -0.3 is 0 Å². The van der Waals surface area contributed by atoms with E-state index in [0.717, 1.165) is 51.6 Å². The Morgan fingerprint density at radius 2 is 0.875 bits per heavy atom. The predicted molar refractivity (Wildman–Crippen MR) is 107 cm³/mol. The van der Waals surface area contributed by atoms with Gasteiger partial charge in [0.2, 0.25) is 0 Å². The van der Waals surface area contributed by atoms with Gasteiger partial charge in [-0.25, -0.2) is 0 Å². The van der Waals surface area contributed by atoms with Gasteiger partial charge in [-0.2, -0.15) is 0 Å². The fourth-order valence-electron chi connectivity index (χ4n) is 3.58. The zero-order chi connectivity index (χ0) is 18.7. The lowest BCUT2D eigenvalue weighted by Crippen LogP contribution is -2.37. The number of nitrogens with zero attached hydrogens (tertiary/aromatic N) is 2. The molecule has 0 unspecified atom stereocenters. The van der Waals surface area contributed by atoms with Gasteiger partial charge in [0.15, 0.2) is 0 Å². The van der Waals surface area contributed by atoms with Crippen LogP contribution in [0.5, 0.6) is 0 Å². The van der Waals surface area contributed by atoms with E-state index in [1.165, 1.54) is 0 Å². The molecule has 0 rings (SSSR count). The Bertz CT molecular complexity index is 278. The van der Waals surface area contributed by atoms with E-state index in [-0.39, 0.29) is 0 Å². The van der Waals surface area contributed by atoms with Crippen molar-refractivity contribution in [2.75, 3.05) is 13.1 Å². The summed E-state index contributed by atoms with van der Waals surface area (Å²) in [5, 5.41) is 0. The van der Waals surface area contributed by atoms with Crippen molar-refractivity contribution in [3.8, 4) is 0 Å². The van der Waals surface area contributed by atoms with E-state index >= 15 is 0 Å². The summed E-state index contributed by atoms with van der Waals surface area (Å²) in [7, 11) is 0. The minimum atomic E-state index is 0.455. The molecule has 3 heteroatoms. The van der Waals surface area contributed by atoms with Gasteiger partial charge in [-0.3, -0.25) is 14.6 Å². The molecule has 0 atom stereocenters. The highest BCUT2D eigenvalue weighted by molar-refractivity contribution is 5.78. The van der Waals surface area contributed by atoms with Crippen LogP contribution < -0.4 is 0 Å². The van der Waals surface area contributed by atoms with Gasteiger partial charge in [0.25, 0.3) is 0 Å². The standard InChI is InChI=1S/C21H44N2O/c1-17(2)22(18(3)4)15-11-9-13-21(24)14-10-12-16-23(19(5)6)20(7)8/h17-20H,9-16H2,1-8H3. The second kappa shape index (κ2) is 12.9. The molecule has 0 fully saturated rings. The molecule has 0 aliphatic rings. The van der Waals surface area contributed by atoms with Gasteiger partial charge in [-0.1, -0.05) is 0 Å². The topological polar surface area (TPSA) is 23.6 Å². The number of ketones is 1. The lowest BCUT2D eigenvalue weighted by molar-refractivity contribution is -0.119. The van der Waals surface area contributed by atoms with Crippen molar-refractivity contribution in [3.63, 3.8) is 0 Å². The van der Waals surface area contributed by atoms with Gasteiger partial charge in [-0.15, -0.1) is 0 Å². The molecule has 0 aromatic heterocycles. The largest absolute Gasteiger partial charge is 0.300 e. The molecule has 0 aliphatic heterocycles. The highest BCUT2D eigenvalue weighted by Gasteiger charge is 2.14. The third kappa shape index (κ3) is 10.5. The first-order valence-corrected chi connectivity index (χ1v) is 10.2. The molecule has 0 aliphatic carbocycles. The van der Waals surface area contributed by atoms with Crippen molar-refractivity contribution >= 4 is 5.78 Å². The predicted octanol–water partition coefficient (Wildman–Crippen LogP) is 5.13. The molecular weight excluding hydrogens is 296 g/mol. The molecule has 0 bridgehead atoms. The van der Waals surface area contributed by atoms with Crippen molar-refractivity contribution in [2.24, 2.45) is 0 Å². The summed E-state index contributed by atoms with van der Waals surface area (Å²) in [6.45, 7) is 20.2. The summed E-state index contributed by atoms with van der Waals surface area (Å²) in [6, 6.07) is 2.35. The van der Waals surface area contributed by atoms with Gasteiger partial charge in [-0.05, 0) is 94.2 Å². The van der Waals surface area contributed by atoms with E-state index in [2.05, 4.69) is 65.2 Å². The fourth-order valence-corrected chi connectivity index (χ4v) is 3.58. The SMILES string of the molecule is CC(C)N(CCCCC(=O)CCCCN(C(C)C)C(C)C)C(C)C. The van der Waals surface area contributed by atoms with E-state index in [1.807, 2.05) is 0 Å². The number of carbonyl (C=O) groups excluding carboxylic acids is 1. The van der Waals surface area contributed by atoms with E-state index in [4.69, 9.17) is 0 Å². The molecule has 0 saturated heterocycles. The Balaban J connectivity index is 3.81. The first kappa shape index (κ1) is 23.6. The summed E-state index contributed by atoms with van der Waals surface area (Å²) in [5.74, 6) is 0.455. The van der Waals surface area contributed by atoms with Crippen LogP contribution in [-0.4, -0.2) is 52.8 Å². The quantitative estimate of drug-likeness (QED) is 0.409. The van der Waals surface area contributed by atoms with Crippen molar-refractivity contribution < 1.29 is 4.79 Å². The molecule has 0 saturated carbocycles. The smallest absolute Gasteiger partial charge is 0.132 e. The fraction of sp³-hybridized carbons (Fsp3) is 0.952. The molecule has 0 aromatic carbocycles. The average molecular weight is 341 g/mol. The Labute approximate surface area is 152 Å². The van der Waals surface area contributed by atoms with Crippen LogP contribution in [0.15, 0.2) is 0 Å². The molecule has 144 valence electrons. The van der Waals surface area contributed by atoms with E-state index in [0.29, 0.717) is 30.0 Å². The van der Waals surface area contributed by atoms with Gasteiger partial charge in [0.1, 0.15) is 5.78 Å². The molecule has 0 N–H and O–H groups in total. The van der Waals surface area contributed by atoms with Gasteiger partial charge in [0.05, 0.1) is 0 Å². The van der Waals surface area contributed by atoms with Crippen LogP contribution in [0.3, 0.4) is 0 Å². The van der Waals surface area contributed by atoms with Gasteiger partial charge >= 0.3 is 0 Å². The normalized spacial score (nSPS) is 12.6. The first-order valence-electron chi connectivity index (χ1n) is 10.2. The highest BCUT2D eigenvalue weighted by atomic mass is 16.1. The zero-order valence-corrected chi connectivity index (χ0v) is 17.8. The second-order valence-corrected chi connectivity index (χ2v) is 8.30. The van der Waals surface area contributed by atoms with E-state index in [1.54, 1.807) is 0 Å². The van der Waals surface area contributed by atoms with Gasteiger partial charge in [0, 0.05) is 37.0 Å². The van der Waals surface area contributed by atoms with Crippen LogP contribution in [0.2, 0.25) is 0 Å². The maximum absolute atomic E-state index is 12.0. The number of Topliss-reactive ketones (excluding diaryl/α,β-unsaturated/α-hetero) is 1. The summed E-state index contributed by atoms with van der Waals surface area (Å²) in [6.07, 6.45) is 5.88. The Morgan fingerprint density at radius 1 is 0.583 bits per heavy atom. The van der Waals surface area contributed by atoms with Crippen LogP contribution in [0.4, 0.5) is 0 Å². The van der Waals surface area contributed by atoms with Crippen molar-refractivity contribution in [2.45, 2.75) is 118 Å². The maximum Gasteiger partial charge on any atom is 0.132 e. The lowest BCUT2D eigenvalue weighted by atomic mass is 10.1. The van der Waals surface area contributed by atoms with Crippen molar-refractivity contribution in [3.05, 3.63) is 0 Å². The third-order valence-corrected chi connectivity index (χ3v) is 4.90. The number of carbonyl (C=O) groups is 1. The van der Waals surface area contributed by atoms with E-state index in [9.17, 15) is 4.79 Å². The summed E-state index contributed by atoms with van der Waals surface area (Å²) >= 11 is 0. The molecule has 0 spiro atoms. The monoisotopic (exact) mass is 340 g/mol. The minimum absolute atomic E-state index is 0.455. The third-order valence-electron chi connectivity index (χ3n) is 4.90. The van der Waals surface area contributed by atoms with Crippen molar-refractivity contribution in [1.29, 1.82) is 0 Å².